The number of aromatic nitrogens is 3. The van der Waals surface area contributed by atoms with Gasteiger partial charge in [-0.1, -0.05) is 0 Å². The average Bonchev–Trinajstić information content (AvgIpc) is 3.24. The summed E-state index contributed by atoms with van der Waals surface area (Å²) >= 11 is 0. The Bertz CT molecular complexity index is 1300. The zero-order chi connectivity index (χ0) is 25.9. The SMILES string of the molecule is CC(=NC1CCN(C2COC2)CC1)/C(=N\N)c1cc(OCC(O)c2ccc(F)cn2)c2c(F)cnn2c1. The molecule has 0 aliphatic carbocycles. The minimum absolute atomic E-state index is 0.0984. The van der Waals surface area contributed by atoms with Crippen molar-refractivity contribution < 1.29 is 23.4 Å². The summed E-state index contributed by atoms with van der Waals surface area (Å²) in [6.45, 7) is 5.13. The molecule has 10 nitrogen and oxygen atoms in total. The molecule has 2 aliphatic heterocycles. The number of hydrazone groups is 1. The fraction of sp³-hybridized carbons (Fsp3) is 0.440. The van der Waals surface area contributed by atoms with Crippen LogP contribution >= 0.6 is 0 Å². The van der Waals surface area contributed by atoms with Gasteiger partial charge in [0.15, 0.2) is 5.82 Å². The number of likely N-dealkylation sites (tertiary alicyclic amines) is 1. The summed E-state index contributed by atoms with van der Waals surface area (Å²) in [7, 11) is 0. The van der Waals surface area contributed by atoms with Crippen LogP contribution in [0.4, 0.5) is 8.78 Å². The van der Waals surface area contributed by atoms with E-state index in [0.29, 0.717) is 23.0 Å². The Morgan fingerprint density at radius 3 is 2.70 bits per heavy atom. The largest absolute Gasteiger partial charge is 0.488 e. The standard InChI is InChI=1S/C25H29F2N7O3/c1-15(31-18-4-6-33(7-5-18)19-12-36-13-19)24(32-28)16-8-23(25-20(27)10-30-34(25)11-16)37-14-22(35)21-3-2-17(26)9-29-21/h2-3,8-11,18-19,22,35H,4-7,12-14,28H2,1H3/b31-15?,32-24+. The number of nitrogens with zero attached hydrogens (tertiary/aromatic N) is 6. The molecule has 12 heteroatoms. The Morgan fingerprint density at radius 1 is 1.27 bits per heavy atom. The van der Waals surface area contributed by atoms with Gasteiger partial charge in [-0.05, 0) is 38.0 Å². The molecule has 0 bridgehead atoms. The van der Waals surface area contributed by atoms with Crippen molar-refractivity contribution in [1.82, 2.24) is 19.5 Å². The van der Waals surface area contributed by atoms with Crippen LogP contribution in [-0.2, 0) is 4.74 Å². The number of hydrogen-bond acceptors (Lipinski definition) is 9. The maximum Gasteiger partial charge on any atom is 0.172 e. The van der Waals surface area contributed by atoms with Crippen LogP contribution in [0, 0.1) is 11.6 Å². The Balaban J connectivity index is 1.34. The molecular weight excluding hydrogens is 484 g/mol. The van der Waals surface area contributed by atoms with Gasteiger partial charge in [0.25, 0.3) is 0 Å². The number of aliphatic imine (C=N–C) groups is 1. The molecule has 2 aliphatic rings. The molecule has 1 unspecified atom stereocenters. The summed E-state index contributed by atoms with van der Waals surface area (Å²) in [6, 6.07) is 4.81. The molecule has 196 valence electrons. The van der Waals surface area contributed by atoms with E-state index in [1.807, 2.05) is 6.92 Å². The normalized spacial score (nSPS) is 19.2. The highest BCUT2D eigenvalue weighted by Gasteiger charge is 2.29. The van der Waals surface area contributed by atoms with E-state index in [4.69, 9.17) is 20.3 Å². The molecule has 0 amide bonds. The number of pyridine rings is 2. The second-order valence-electron chi connectivity index (χ2n) is 9.26. The summed E-state index contributed by atoms with van der Waals surface area (Å²) in [5.74, 6) is 4.80. The molecular formula is C25H29F2N7O3. The molecule has 5 rings (SSSR count). The topological polar surface area (TPSA) is 123 Å². The van der Waals surface area contributed by atoms with E-state index >= 15 is 0 Å². The van der Waals surface area contributed by atoms with E-state index < -0.39 is 17.7 Å². The molecule has 5 heterocycles. The molecule has 2 saturated heterocycles. The molecule has 1 atom stereocenters. The van der Waals surface area contributed by atoms with Gasteiger partial charge < -0.3 is 20.4 Å². The van der Waals surface area contributed by atoms with E-state index in [9.17, 15) is 13.9 Å². The van der Waals surface area contributed by atoms with Gasteiger partial charge in [-0.2, -0.15) is 10.2 Å². The van der Waals surface area contributed by atoms with Gasteiger partial charge in [0, 0.05) is 24.8 Å². The van der Waals surface area contributed by atoms with Crippen LogP contribution in [0.25, 0.3) is 5.52 Å². The third-order valence-corrected chi connectivity index (χ3v) is 6.78. The van der Waals surface area contributed by atoms with E-state index in [1.54, 1.807) is 12.3 Å². The van der Waals surface area contributed by atoms with Crippen molar-refractivity contribution in [3.05, 3.63) is 59.7 Å². The lowest BCUT2D eigenvalue weighted by Gasteiger charge is -2.40. The number of aliphatic hydroxyl groups is 1. The Labute approximate surface area is 212 Å². The van der Waals surface area contributed by atoms with Gasteiger partial charge in [0.1, 0.15) is 35.5 Å². The first-order valence-electron chi connectivity index (χ1n) is 12.2. The predicted molar refractivity (Wildman–Crippen MR) is 133 cm³/mol. The smallest absolute Gasteiger partial charge is 0.172 e. The van der Waals surface area contributed by atoms with E-state index in [2.05, 4.69) is 20.1 Å². The lowest BCUT2D eigenvalue weighted by atomic mass is 10.0. The quantitative estimate of drug-likeness (QED) is 0.269. The molecule has 3 aromatic rings. The highest BCUT2D eigenvalue weighted by molar-refractivity contribution is 6.47. The first kappa shape index (κ1) is 25.2. The summed E-state index contributed by atoms with van der Waals surface area (Å²) < 4.78 is 40.1. The number of fused-ring (bicyclic) bond motifs is 1. The van der Waals surface area contributed by atoms with Gasteiger partial charge in [-0.3, -0.25) is 14.9 Å². The number of piperidine rings is 1. The Morgan fingerprint density at radius 2 is 2.05 bits per heavy atom. The highest BCUT2D eigenvalue weighted by Crippen LogP contribution is 2.27. The van der Waals surface area contributed by atoms with Gasteiger partial charge in [0.05, 0.1) is 49.1 Å². The molecule has 2 fully saturated rings. The minimum atomic E-state index is -1.15. The van der Waals surface area contributed by atoms with Crippen molar-refractivity contribution in [2.24, 2.45) is 15.9 Å². The third kappa shape index (κ3) is 5.45. The van der Waals surface area contributed by atoms with Crippen LogP contribution in [0.1, 0.15) is 37.1 Å². The van der Waals surface area contributed by atoms with Crippen LogP contribution in [0.5, 0.6) is 5.75 Å². The predicted octanol–water partition coefficient (Wildman–Crippen LogP) is 2.11. The van der Waals surface area contributed by atoms with Crippen molar-refractivity contribution >= 4 is 16.9 Å². The fourth-order valence-corrected chi connectivity index (χ4v) is 4.65. The molecule has 37 heavy (non-hydrogen) atoms. The number of ether oxygens (including phenoxy) is 2. The van der Waals surface area contributed by atoms with Gasteiger partial charge >= 0.3 is 0 Å². The maximum absolute atomic E-state index is 14.5. The third-order valence-electron chi connectivity index (χ3n) is 6.78. The second-order valence-corrected chi connectivity index (χ2v) is 9.26. The highest BCUT2D eigenvalue weighted by atomic mass is 19.1. The monoisotopic (exact) mass is 513 g/mol. The van der Waals surface area contributed by atoms with E-state index in [-0.39, 0.29) is 29.6 Å². The summed E-state index contributed by atoms with van der Waals surface area (Å²) in [6.07, 6.45) is 4.39. The van der Waals surface area contributed by atoms with Crippen LogP contribution < -0.4 is 10.6 Å². The summed E-state index contributed by atoms with van der Waals surface area (Å²) in [5.41, 5.74) is 1.94. The maximum atomic E-state index is 14.5. The Kier molecular flexibility index (Phi) is 7.40. The average molecular weight is 514 g/mol. The van der Waals surface area contributed by atoms with E-state index in [1.165, 1.54) is 16.6 Å². The van der Waals surface area contributed by atoms with Crippen molar-refractivity contribution in [1.29, 1.82) is 0 Å². The van der Waals surface area contributed by atoms with E-state index in [0.717, 1.165) is 51.5 Å². The molecule has 3 aromatic heterocycles. The zero-order valence-corrected chi connectivity index (χ0v) is 20.4. The van der Waals surface area contributed by atoms with Gasteiger partial charge in [-0.25, -0.2) is 13.3 Å². The lowest BCUT2D eigenvalue weighted by Crippen LogP contribution is -2.52. The van der Waals surface area contributed by atoms with Crippen molar-refractivity contribution in [3.8, 4) is 5.75 Å². The molecule has 0 saturated carbocycles. The summed E-state index contributed by atoms with van der Waals surface area (Å²) in [5, 5.41) is 18.5. The summed E-state index contributed by atoms with van der Waals surface area (Å²) in [4.78, 5) is 11.2. The second kappa shape index (κ2) is 10.9. The van der Waals surface area contributed by atoms with Crippen LogP contribution in [0.15, 0.2) is 46.9 Å². The van der Waals surface area contributed by atoms with Gasteiger partial charge in [-0.15, -0.1) is 0 Å². The van der Waals surface area contributed by atoms with Gasteiger partial charge in [0.2, 0.25) is 0 Å². The Hall–Kier alpha value is -3.48. The number of hydrogen-bond donors (Lipinski definition) is 2. The molecule has 0 aromatic carbocycles. The number of halogens is 2. The lowest BCUT2D eigenvalue weighted by molar-refractivity contribution is -0.0709. The van der Waals surface area contributed by atoms with Crippen LogP contribution in [0.3, 0.4) is 0 Å². The van der Waals surface area contributed by atoms with Crippen LogP contribution in [0.2, 0.25) is 0 Å². The first-order chi connectivity index (χ1) is 17.9. The van der Waals surface area contributed by atoms with Crippen molar-refractivity contribution in [2.75, 3.05) is 32.9 Å². The molecule has 0 spiro atoms. The molecule has 0 radical (unpaired) electrons. The van der Waals surface area contributed by atoms with Crippen molar-refractivity contribution in [3.63, 3.8) is 0 Å². The fourth-order valence-electron chi connectivity index (χ4n) is 4.65. The number of aliphatic hydroxyl groups excluding tert-OH is 1. The minimum Gasteiger partial charge on any atom is -0.488 e. The molecule has 3 N–H and O–H groups in total. The number of nitrogens with two attached hydrogens (primary N) is 1. The first-order valence-corrected chi connectivity index (χ1v) is 12.2. The van der Waals surface area contributed by atoms with Crippen LogP contribution in [-0.4, -0.2) is 81.0 Å². The van der Waals surface area contributed by atoms with Crippen molar-refractivity contribution in [2.45, 2.75) is 38.0 Å². The number of rotatable bonds is 8. The zero-order valence-electron chi connectivity index (χ0n) is 20.4.